The predicted octanol–water partition coefficient (Wildman–Crippen LogP) is 2.58. The minimum Gasteiger partial charge on any atom is -0.385 e. The number of amides is 2. The van der Waals surface area contributed by atoms with Crippen LogP contribution in [0.3, 0.4) is 0 Å². The van der Waals surface area contributed by atoms with Crippen LogP contribution < -0.4 is 5.73 Å². The van der Waals surface area contributed by atoms with Crippen molar-refractivity contribution in [3.8, 4) is 0 Å². The summed E-state index contributed by atoms with van der Waals surface area (Å²) < 4.78 is 0. The van der Waals surface area contributed by atoms with Gasteiger partial charge in [-0.25, -0.2) is 4.79 Å². The fraction of sp³-hybridized carbons (Fsp3) is 0.333. The molecule has 0 saturated carbocycles. The number of rotatable bonds is 2. The van der Waals surface area contributed by atoms with Crippen LogP contribution in [-0.2, 0) is 0 Å². The fourth-order valence-electron chi connectivity index (χ4n) is 2.01. The Bertz CT molecular complexity index is 484. The van der Waals surface area contributed by atoms with E-state index in [0.29, 0.717) is 10.9 Å². The Balaban J connectivity index is 2.46. The van der Waals surface area contributed by atoms with E-state index in [4.69, 9.17) is 17.3 Å². The van der Waals surface area contributed by atoms with Crippen LogP contribution in [0.2, 0.25) is 5.02 Å². The smallest absolute Gasteiger partial charge is 0.346 e. The Kier molecular flexibility index (Phi) is 3.07. The van der Waals surface area contributed by atoms with Crippen molar-refractivity contribution in [2.24, 2.45) is 10.7 Å². The molecule has 0 bridgehead atoms. The van der Waals surface area contributed by atoms with E-state index < -0.39 is 0 Å². The lowest BCUT2D eigenvalue weighted by Crippen LogP contribution is -2.38. The third-order valence-electron chi connectivity index (χ3n) is 2.76. The van der Waals surface area contributed by atoms with Crippen LogP contribution in [0.15, 0.2) is 29.3 Å². The lowest BCUT2D eigenvalue weighted by molar-refractivity contribution is 0.190. The molecule has 90 valence electrons. The average molecular weight is 252 g/mol. The zero-order chi connectivity index (χ0) is 12.6. The summed E-state index contributed by atoms with van der Waals surface area (Å²) in [7, 11) is 0. The van der Waals surface area contributed by atoms with Crippen molar-refractivity contribution in [2.45, 2.75) is 25.9 Å². The first-order chi connectivity index (χ1) is 8.02. The van der Waals surface area contributed by atoms with Crippen LogP contribution in [0.5, 0.6) is 0 Å². The molecule has 1 unspecified atom stereocenters. The van der Waals surface area contributed by atoms with Crippen LogP contribution in [0, 0.1) is 0 Å². The highest BCUT2D eigenvalue weighted by Crippen LogP contribution is 2.32. The Morgan fingerprint density at radius 3 is 2.65 bits per heavy atom. The molecule has 0 aliphatic carbocycles. The lowest BCUT2D eigenvalue weighted by atomic mass is 10.0. The van der Waals surface area contributed by atoms with Gasteiger partial charge in [0.05, 0.1) is 0 Å². The number of amidine groups is 1. The summed E-state index contributed by atoms with van der Waals surface area (Å²) in [6, 6.07) is 6.73. The molecule has 17 heavy (non-hydrogen) atoms. The summed E-state index contributed by atoms with van der Waals surface area (Å²) in [6.45, 7) is 3.85. The number of nitrogens with two attached hydrogens (primary N) is 1. The fourth-order valence-corrected chi connectivity index (χ4v) is 2.25. The molecule has 1 aliphatic heterocycles. The van der Waals surface area contributed by atoms with Gasteiger partial charge in [-0.05, 0) is 19.9 Å². The monoisotopic (exact) mass is 251 g/mol. The summed E-state index contributed by atoms with van der Waals surface area (Å²) in [5.41, 5.74) is 6.64. The van der Waals surface area contributed by atoms with Gasteiger partial charge in [-0.1, -0.05) is 29.8 Å². The molecular formula is C12H14ClN3O. The van der Waals surface area contributed by atoms with E-state index in [1.807, 2.05) is 32.0 Å². The average Bonchev–Trinajstić information content (AvgIpc) is 2.54. The predicted molar refractivity (Wildman–Crippen MR) is 68.2 cm³/mol. The van der Waals surface area contributed by atoms with E-state index in [-0.39, 0.29) is 18.1 Å². The number of hydrogen-bond donors (Lipinski definition) is 1. The maximum Gasteiger partial charge on any atom is 0.346 e. The van der Waals surface area contributed by atoms with Gasteiger partial charge in [0.1, 0.15) is 11.9 Å². The van der Waals surface area contributed by atoms with Gasteiger partial charge in [0, 0.05) is 16.6 Å². The van der Waals surface area contributed by atoms with Gasteiger partial charge in [0.25, 0.3) is 0 Å². The second-order valence-corrected chi connectivity index (χ2v) is 4.65. The van der Waals surface area contributed by atoms with Gasteiger partial charge in [-0.2, -0.15) is 4.99 Å². The molecule has 5 heteroatoms. The molecule has 4 nitrogen and oxygen atoms in total. The molecule has 2 amide bonds. The van der Waals surface area contributed by atoms with Crippen molar-refractivity contribution in [3.05, 3.63) is 34.9 Å². The third kappa shape index (κ3) is 2.00. The molecule has 1 aromatic carbocycles. The highest BCUT2D eigenvalue weighted by Gasteiger charge is 2.37. The third-order valence-corrected chi connectivity index (χ3v) is 3.10. The maximum absolute atomic E-state index is 11.7. The van der Waals surface area contributed by atoms with E-state index >= 15 is 0 Å². The van der Waals surface area contributed by atoms with E-state index in [9.17, 15) is 4.79 Å². The molecule has 0 saturated heterocycles. The summed E-state index contributed by atoms with van der Waals surface area (Å²) in [5, 5.41) is 0.594. The first-order valence-corrected chi connectivity index (χ1v) is 5.81. The molecule has 1 aromatic rings. The summed E-state index contributed by atoms with van der Waals surface area (Å²) in [5.74, 6) is 0.303. The van der Waals surface area contributed by atoms with Gasteiger partial charge in [-0.3, -0.25) is 0 Å². The van der Waals surface area contributed by atoms with Crippen LogP contribution in [0.1, 0.15) is 25.5 Å². The highest BCUT2D eigenvalue weighted by molar-refractivity contribution is 6.31. The van der Waals surface area contributed by atoms with Crippen LogP contribution in [0.25, 0.3) is 0 Å². The molecule has 1 heterocycles. The molecule has 1 aliphatic rings. The van der Waals surface area contributed by atoms with Crippen LogP contribution >= 0.6 is 11.6 Å². The van der Waals surface area contributed by atoms with E-state index in [1.54, 1.807) is 11.0 Å². The standard InChI is InChI=1S/C12H14ClN3O/c1-7(2)16-10(11(14)15-12(16)17)8-5-3-4-6-9(8)13/h3-7,10H,1-2H3,(H2,14,15,17). The SMILES string of the molecule is CC(C)N1C(=O)N=C(N)C1c1ccccc1Cl. The molecule has 0 aromatic heterocycles. The van der Waals surface area contributed by atoms with Gasteiger partial charge < -0.3 is 10.6 Å². The second kappa shape index (κ2) is 4.37. The number of urea groups is 1. The Labute approximate surface area is 105 Å². The van der Waals surface area contributed by atoms with Gasteiger partial charge in [-0.15, -0.1) is 0 Å². The van der Waals surface area contributed by atoms with Crippen LogP contribution in [0.4, 0.5) is 4.79 Å². The number of nitrogens with zero attached hydrogens (tertiary/aromatic N) is 2. The second-order valence-electron chi connectivity index (χ2n) is 4.24. The van der Waals surface area contributed by atoms with E-state index in [1.165, 1.54) is 0 Å². The van der Waals surface area contributed by atoms with Crippen molar-refractivity contribution < 1.29 is 4.79 Å². The number of carbonyl (C=O) groups is 1. The first kappa shape index (κ1) is 11.9. The summed E-state index contributed by atoms with van der Waals surface area (Å²) >= 11 is 6.14. The quantitative estimate of drug-likeness (QED) is 0.878. The number of carbonyl (C=O) groups excluding carboxylic acids is 1. The maximum atomic E-state index is 11.7. The highest BCUT2D eigenvalue weighted by atomic mass is 35.5. The summed E-state index contributed by atoms with van der Waals surface area (Å²) in [6.07, 6.45) is 0. The number of halogens is 1. The van der Waals surface area contributed by atoms with Crippen molar-refractivity contribution in [2.75, 3.05) is 0 Å². The van der Waals surface area contributed by atoms with Crippen molar-refractivity contribution >= 4 is 23.5 Å². The Hall–Kier alpha value is -1.55. The molecule has 2 N–H and O–H groups in total. The first-order valence-electron chi connectivity index (χ1n) is 5.43. The number of benzene rings is 1. The lowest BCUT2D eigenvalue weighted by Gasteiger charge is -2.28. The number of hydrogen-bond acceptors (Lipinski definition) is 2. The zero-order valence-electron chi connectivity index (χ0n) is 9.72. The molecular weight excluding hydrogens is 238 g/mol. The van der Waals surface area contributed by atoms with Crippen molar-refractivity contribution in [1.29, 1.82) is 0 Å². The molecule has 0 spiro atoms. The largest absolute Gasteiger partial charge is 0.385 e. The van der Waals surface area contributed by atoms with Crippen molar-refractivity contribution in [1.82, 2.24) is 4.90 Å². The number of aliphatic imine (C=N–C) groups is 1. The minimum absolute atomic E-state index is 0.0218. The molecule has 2 rings (SSSR count). The Morgan fingerprint density at radius 2 is 2.06 bits per heavy atom. The van der Waals surface area contributed by atoms with E-state index in [0.717, 1.165) is 5.56 Å². The van der Waals surface area contributed by atoms with E-state index in [2.05, 4.69) is 4.99 Å². The zero-order valence-corrected chi connectivity index (χ0v) is 10.5. The van der Waals surface area contributed by atoms with Crippen LogP contribution in [-0.4, -0.2) is 22.8 Å². The van der Waals surface area contributed by atoms with Gasteiger partial charge >= 0.3 is 6.03 Å². The van der Waals surface area contributed by atoms with Gasteiger partial charge in [0.2, 0.25) is 0 Å². The molecule has 0 fully saturated rings. The normalized spacial score (nSPS) is 20.0. The Morgan fingerprint density at radius 1 is 1.41 bits per heavy atom. The minimum atomic E-state index is -0.351. The topological polar surface area (TPSA) is 58.7 Å². The van der Waals surface area contributed by atoms with Crippen molar-refractivity contribution in [3.63, 3.8) is 0 Å². The summed E-state index contributed by atoms with van der Waals surface area (Å²) in [4.78, 5) is 17.2. The molecule has 1 atom stereocenters. The molecule has 0 radical (unpaired) electrons. The van der Waals surface area contributed by atoms with Gasteiger partial charge in [0.15, 0.2) is 0 Å².